The second-order valence-corrected chi connectivity index (χ2v) is 5.80. The van der Waals surface area contributed by atoms with Gasteiger partial charge in [0.1, 0.15) is 6.04 Å². The van der Waals surface area contributed by atoms with Gasteiger partial charge in [-0.05, 0) is 25.0 Å². The third kappa shape index (κ3) is 3.52. The van der Waals surface area contributed by atoms with Crippen molar-refractivity contribution in [2.45, 2.75) is 24.8 Å². The highest BCUT2D eigenvalue weighted by Gasteiger charge is 2.27. The van der Waals surface area contributed by atoms with Crippen molar-refractivity contribution in [3.63, 3.8) is 0 Å². The molecule has 1 rings (SSSR count). The fourth-order valence-corrected chi connectivity index (χ4v) is 3.47. The van der Waals surface area contributed by atoms with Gasteiger partial charge >= 0.3 is 5.97 Å². The van der Waals surface area contributed by atoms with Gasteiger partial charge in [-0.2, -0.15) is 4.72 Å². The molecule has 0 fully saturated rings. The van der Waals surface area contributed by atoms with Crippen LogP contribution in [0.4, 0.5) is 0 Å². The number of hydrogen-bond acceptors (Lipinski definition) is 5. The lowest BCUT2D eigenvalue weighted by atomic mass is 10.2. The number of benzene rings is 1. The first-order valence-electron chi connectivity index (χ1n) is 5.70. The van der Waals surface area contributed by atoms with Crippen molar-refractivity contribution in [2.24, 2.45) is 5.73 Å². The summed E-state index contributed by atoms with van der Waals surface area (Å²) in [5, 5.41) is 0. The molecule has 0 saturated carbocycles. The molecule has 0 radical (unpaired) electrons. The number of methoxy groups -OCH3 is 1. The second kappa shape index (κ2) is 6.14. The number of ether oxygens (including phenoxy) is 1. The maximum Gasteiger partial charge on any atom is 0.325 e. The van der Waals surface area contributed by atoms with Gasteiger partial charge in [-0.3, -0.25) is 4.79 Å². The average Bonchev–Trinajstić information content (AvgIpc) is 2.34. The Labute approximate surface area is 113 Å². The zero-order valence-electron chi connectivity index (χ0n) is 11.1. The van der Waals surface area contributed by atoms with Gasteiger partial charge in [-0.15, -0.1) is 0 Å². The number of aryl methyl sites for hydroxylation is 2. The molecule has 0 aromatic heterocycles. The Balaban J connectivity index is 3.15. The highest BCUT2D eigenvalue weighted by Crippen LogP contribution is 2.19. The topological polar surface area (TPSA) is 98.5 Å². The summed E-state index contributed by atoms with van der Waals surface area (Å²) in [5.41, 5.74) is 6.59. The van der Waals surface area contributed by atoms with Gasteiger partial charge in [0.2, 0.25) is 10.0 Å². The van der Waals surface area contributed by atoms with E-state index >= 15 is 0 Å². The number of rotatable bonds is 5. The largest absolute Gasteiger partial charge is 0.468 e. The molecule has 3 N–H and O–H groups in total. The minimum absolute atomic E-state index is 0.164. The zero-order chi connectivity index (χ0) is 14.6. The molecule has 0 amide bonds. The van der Waals surface area contributed by atoms with Crippen LogP contribution in [0.5, 0.6) is 0 Å². The average molecular weight is 286 g/mol. The van der Waals surface area contributed by atoms with Crippen LogP contribution in [0, 0.1) is 13.8 Å². The van der Waals surface area contributed by atoms with E-state index in [1.165, 1.54) is 7.11 Å². The van der Waals surface area contributed by atoms with Gasteiger partial charge in [-0.25, -0.2) is 8.42 Å². The minimum atomic E-state index is -3.82. The summed E-state index contributed by atoms with van der Waals surface area (Å²) in [6, 6.07) is 4.06. The highest BCUT2D eigenvalue weighted by molar-refractivity contribution is 7.89. The van der Waals surface area contributed by atoms with Gasteiger partial charge in [0.25, 0.3) is 0 Å². The predicted molar refractivity (Wildman–Crippen MR) is 71.1 cm³/mol. The van der Waals surface area contributed by atoms with Gasteiger partial charge in [0, 0.05) is 6.54 Å². The van der Waals surface area contributed by atoms with Crippen molar-refractivity contribution in [1.82, 2.24) is 4.72 Å². The fourth-order valence-electron chi connectivity index (χ4n) is 1.80. The predicted octanol–water partition coefficient (Wildman–Crippen LogP) is 0.0820. The third-order valence-electron chi connectivity index (χ3n) is 2.70. The van der Waals surface area contributed by atoms with Crippen molar-refractivity contribution in [1.29, 1.82) is 0 Å². The van der Waals surface area contributed by atoms with Crippen molar-refractivity contribution in [3.8, 4) is 0 Å². The van der Waals surface area contributed by atoms with Crippen LogP contribution in [0.3, 0.4) is 0 Å². The molecule has 0 saturated heterocycles. The highest BCUT2D eigenvalue weighted by atomic mass is 32.2. The first kappa shape index (κ1) is 15.6. The Morgan fingerprint density at radius 1 is 1.37 bits per heavy atom. The second-order valence-electron chi connectivity index (χ2n) is 4.15. The lowest BCUT2D eigenvalue weighted by Gasteiger charge is -2.17. The normalized spacial score (nSPS) is 13.1. The van der Waals surface area contributed by atoms with Crippen LogP contribution in [0.25, 0.3) is 0 Å². The van der Waals surface area contributed by atoms with Crippen LogP contribution < -0.4 is 10.5 Å². The molecule has 0 aliphatic carbocycles. The quantitative estimate of drug-likeness (QED) is 0.747. The molecule has 7 heteroatoms. The van der Waals surface area contributed by atoms with Crippen LogP contribution in [0.1, 0.15) is 11.1 Å². The summed E-state index contributed by atoms with van der Waals surface area (Å²) >= 11 is 0. The van der Waals surface area contributed by atoms with E-state index in [9.17, 15) is 13.2 Å². The number of nitrogens with one attached hydrogen (secondary N) is 1. The number of carbonyl (C=O) groups excluding carboxylic acids is 1. The molecule has 19 heavy (non-hydrogen) atoms. The molecular weight excluding hydrogens is 268 g/mol. The van der Waals surface area contributed by atoms with E-state index in [2.05, 4.69) is 9.46 Å². The molecule has 1 aromatic carbocycles. The molecular formula is C12H18N2O4S. The van der Waals surface area contributed by atoms with E-state index in [1.807, 2.05) is 0 Å². The van der Waals surface area contributed by atoms with Crippen molar-refractivity contribution in [3.05, 3.63) is 29.3 Å². The molecule has 0 aliphatic rings. The van der Waals surface area contributed by atoms with Gasteiger partial charge in [0.15, 0.2) is 0 Å². The number of nitrogens with two attached hydrogens (primary N) is 1. The minimum Gasteiger partial charge on any atom is -0.468 e. The maximum atomic E-state index is 12.3. The van der Waals surface area contributed by atoms with Crippen LogP contribution in [-0.4, -0.2) is 34.1 Å². The van der Waals surface area contributed by atoms with Gasteiger partial charge in [-0.1, -0.05) is 18.2 Å². The SMILES string of the molecule is COC(=O)C(CN)NS(=O)(=O)c1c(C)cccc1C. The Morgan fingerprint density at radius 2 is 1.89 bits per heavy atom. The van der Waals surface area contributed by atoms with Gasteiger partial charge in [0.05, 0.1) is 12.0 Å². The number of esters is 1. The van der Waals surface area contributed by atoms with E-state index in [0.29, 0.717) is 11.1 Å². The van der Waals surface area contributed by atoms with E-state index in [4.69, 9.17) is 5.73 Å². The number of carbonyl (C=O) groups is 1. The Morgan fingerprint density at radius 3 is 2.32 bits per heavy atom. The van der Waals surface area contributed by atoms with Crippen molar-refractivity contribution in [2.75, 3.05) is 13.7 Å². The first-order chi connectivity index (χ1) is 8.83. The Kier molecular flexibility index (Phi) is 5.04. The number of sulfonamides is 1. The Hall–Kier alpha value is -1.44. The first-order valence-corrected chi connectivity index (χ1v) is 7.18. The lowest BCUT2D eigenvalue weighted by Crippen LogP contribution is -2.46. The van der Waals surface area contributed by atoms with Crippen LogP contribution >= 0.6 is 0 Å². The van der Waals surface area contributed by atoms with Crippen molar-refractivity contribution < 1.29 is 17.9 Å². The summed E-state index contributed by atoms with van der Waals surface area (Å²) in [7, 11) is -2.64. The standard InChI is InChI=1S/C12H18N2O4S/c1-8-5-4-6-9(2)11(8)19(16,17)14-10(7-13)12(15)18-3/h4-6,10,14H,7,13H2,1-3H3. The van der Waals surface area contributed by atoms with Crippen LogP contribution in [0.15, 0.2) is 23.1 Å². The van der Waals surface area contributed by atoms with Crippen LogP contribution in [-0.2, 0) is 19.6 Å². The molecule has 0 heterocycles. The number of hydrogen-bond donors (Lipinski definition) is 2. The lowest BCUT2D eigenvalue weighted by molar-refractivity contribution is -0.142. The fraction of sp³-hybridized carbons (Fsp3) is 0.417. The van der Waals surface area contributed by atoms with E-state index in [-0.39, 0.29) is 11.4 Å². The molecule has 0 bridgehead atoms. The monoisotopic (exact) mass is 286 g/mol. The smallest absolute Gasteiger partial charge is 0.325 e. The molecule has 1 atom stereocenters. The summed E-state index contributed by atoms with van der Waals surface area (Å²) in [6.07, 6.45) is 0. The molecule has 106 valence electrons. The summed E-state index contributed by atoms with van der Waals surface area (Å²) in [5.74, 6) is -0.711. The third-order valence-corrected chi connectivity index (χ3v) is 4.47. The van der Waals surface area contributed by atoms with E-state index in [0.717, 1.165) is 0 Å². The summed E-state index contributed by atoms with van der Waals surface area (Å²) in [6.45, 7) is 3.21. The van der Waals surface area contributed by atoms with E-state index in [1.54, 1.807) is 32.0 Å². The van der Waals surface area contributed by atoms with Gasteiger partial charge < -0.3 is 10.5 Å². The van der Waals surface area contributed by atoms with Crippen LogP contribution in [0.2, 0.25) is 0 Å². The maximum absolute atomic E-state index is 12.3. The molecule has 0 spiro atoms. The van der Waals surface area contributed by atoms with Crippen molar-refractivity contribution >= 4 is 16.0 Å². The Bertz CT molecular complexity index is 549. The summed E-state index contributed by atoms with van der Waals surface area (Å²) in [4.78, 5) is 11.6. The molecule has 1 aromatic rings. The molecule has 6 nitrogen and oxygen atoms in total. The zero-order valence-corrected chi connectivity index (χ0v) is 12.0. The van der Waals surface area contributed by atoms with E-state index < -0.39 is 22.0 Å². The molecule has 1 unspecified atom stereocenters. The summed E-state index contributed by atoms with van der Waals surface area (Å²) < 4.78 is 31.3. The molecule has 0 aliphatic heterocycles.